The molecule has 6 heteroatoms. The van der Waals surface area contributed by atoms with Gasteiger partial charge >= 0.3 is 0 Å². The Labute approximate surface area is 122 Å². The summed E-state index contributed by atoms with van der Waals surface area (Å²) in [7, 11) is 0. The quantitative estimate of drug-likeness (QED) is 0.547. The fourth-order valence-electron chi connectivity index (χ4n) is 1.68. The minimum Gasteiger partial charge on any atom is -0.314 e. The van der Waals surface area contributed by atoms with E-state index in [1.54, 1.807) is 17.1 Å². The topological polar surface area (TPSA) is 50.2 Å². The van der Waals surface area contributed by atoms with Crippen LogP contribution in [0.2, 0.25) is 0 Å². The van der Waals surface area contributed by atoms with Crippen molar-refractivity contribution in [2.24, 2.45) is 0 Å². The van der Waals surface area contributed by atoms with Crippen molar-refractivity contribution >= 4 is 22.6 Å². The second-order valence-corrected chi connectivity index (χ2v) is 5.18. The first-order valence-electron chi connectivity index (χ1n) is 6.32. The summed E-state index contributed by atoms with van der Waals surface area (Å²) in [5, 5.41) is 3.35. The molecule has 0 radical (unpaired) electrons. The fourth-order valence-corrected chi connectivity index (χ4v) is 2.16. The molecule has 18 heavy (non-hydrogen) atoms. The third kappa shape index (κ3) is 5.03. The Hall–Kier alpha value is -0.470. The van der Waals surface area contributed by atoms with Gasteiger partial charge in [0.05, 0.1) is 9.90 Å². The van der Waals surface area contributed by atoms with Crippen LogP contribution in [0.25, 0.3) is 0 Å². The normalized spacial score (nSPS) is 11.1. The minimum atomic E-state index is 0.0381. The van der Waals surface area contributed by atoms with E-state index in [9.17, 15) is 4.79 Å². The molecule has 0 aromatic carbocycles. The summed E-state index contributed by atoms with van der Waals surface area (Å²) in [6, 6.07) is 0. The van der Waals surface area contributed by atoms with Crippen molar-refractivity contribution < 1.29 is 0 Å². The third-order valence-electron chi connectivity index (χ3n) is 2.89. The molecular formula is C12H21IN4O. The number of rotatable bonds is 8. The lowest BCUT2D eigenvalue weighted by Gasteiger charge is -2.18. The van der Waals surface area contributed by atoms with Gasteiger partial charge in [-0.2, -0.15) is 0 Å². The maximum absolute atomic E-state index is 11.7. The van der Waals surface area contributed by atoms with Gasteiger partial charge in [0.2, 0.25) is 0 Å². The number of hydrogen-bond acceptors (Lipinski definition) is 4. The maximum atomic E-state index is 11.7. The molecule has 5 nitrogen and oxygen atoms in total. The first-order chi connectivity index (χ1) is 8.69. The highest BCUT2D eigenvalue weighted by Crippen LogP contribution is 1.92. The van der Waals surface area contributed by atoms with Crippen LogP contribution < -0.4 is 10.9 Å². The van der Waals surface area contributed by atoms with E-state index in [2.05, 4.69) is 29.0 Å². The van der Waals surface area contributed by atoms with Crippen LogP contribution in [0.15, 0.2) is 17.3 Å². The van der Waals surface area contributed by atoms with Crippen LogP contribution in [0.3, 0.4) is 0 Å². The van der Waals surface area contributed by atoms with E-state index in [-0.39, 0.29) is 5.56 Å². The number of aromatic nitrogens is 2. The van der Waals surface area contributed by atoms with Crippen molar-refractivity contribution in [3.05, 3.63) is 26.4 Å². The summed E-state index contributed by atoms with van der Waals surface area (Å²) >= 11 is 2.01. The van der Waals surface area contributed by atoms with E-state index in [0.717, 1.165) is 32.7 Å². The number of hydrogen-bond donors (Lipinski definition) is 1. The lowest BCUT2D eigenvalue weighted by molar-refractivity contribution is 0.301. The van der Waals surface area contributed by atoms with Crippen LogP contribution in [0.4, 0.5) is 0 Å². The molecule has 0 aliphatic heterocycles. The largest absolute Gasteiger partial charge is 0.314 e. The van der Waals surface area contributed by atoms with E-state index < -0.39 is 0 Å². The zero-order chi connectivity index (χ0) is 13.4. The first-order valence-corrected chi connectivity index (χ1v) is 7.39. The highest BCUT2D eigenvalue weighted by Gasteiger charge is 2.00. The molecule has 0 unspecified atom stereocenters. The molecule has 0 amide bonds. The minimum absolute atomic E-state index is 0.0381. The summed E-state index contributed by atoms with van der Waals surface area (Å²) in [5.41, 5.74) is 0.0381. The molecule has 102 valence electrons. The van der Waals surface area contributed by atoms with Gasteiger partial charge in [-0.05, 0) is 35.7 Å². The summed E-state index contributed by atoms with van der Waals surface area (Å²) in [4.78, 5) is 18.1. The van der Waals surface area contributed by atoms with Crippen molar-refractivity contribution in [1.82, 2.24) is 19.8 Å². The first kappa shape index (κ1) is 15.6. The molecule has 0 atom stereocenters. The van der Waals surface area contributed by atoms with E-state index in [1.165, 1.54) is 0 Å². The average Bonchev–Trinajstić information content (AvgIpc) is 2.38. The van der Waals surface area contributed by atoms with E-state index in [0.29, 0.717) is 10.1 Å². The average molecular weight is 364 g/mol. The lowest BCUT2D eigenvalue weighted by atomic mass is 10.4. The van der Waals surface area contributed by atoms with E-state index >= 15 is 0 Å². The Bertz CT molecular complexity index is 403. The van der Waals surface area contributed by atoms with Crippen molar-refractivity contribution in [2.75, 3.05) is 32.7 Å². The Kier molecular flexibility index (Phi) is 7.45. The molecule has 0 saturated heterocycles. The summed E-state index contributed by atoms with van der Waals surface area (Å²) in [6.07, 6.45) is 3.18. The fraction of sp³-hybridized carbons (Fsp3) is 0.667. The van der Waals surface area contributed by atoms with Crippen molar-refractivity contribution in [2.45, 2.75) is 20.4 Å². The van der Waals surface area contributed by atoms with Gasteiger partial charge in [0, 0.05) is 32.4 Å². The smallest absolute Gasteiger partial charge is 0.266 e. The monoisotopic (exact) mass is 364 g/mol. The molecule has 0 spiro atoms. The second kappa shape index (κ2) is 8.60. The standard InChI is InChI=1S/C12H21IN4O/c1-3-16(4-2)7-5-14-6-8-17-10-15-9-11(13)12(17)18/h9-10,14H,3-8H2,1-2H3. The molecule has 1 aromatic heterocycles. The Morgan fingerprint density at radius 3 is 2.78 bits per heavy atom. The van der Waals surface area contributed by atoms with Crippen LogP contribution in [-0.2, 0) is 6.54 Å². The highest BCUT2D eigenvalue weighted by molar-refractivity contribution is 14.1. The van der Waals surface area contributed by atoms with E-state index in [1.807, 2.05) is 22.6 Å². The Balaban J connectivity index is 2.26. The summed E-state index contributed by atoms with van der Waals surface area (Å²) in [6.45, 7) is 9.96. The van der Waals surface area contributed by atoms with Gasteiger partial charge in [-0.25, -0.2) is 4.98 Å². The number of nitrogens with zero attached hydrogens (tertiary/aromatic N) is 3. The number of likely N-dealkylation sites (N-methyl/N-ethyl adjacent to an activating group) is 1. The number of halogens is 1. The molecule has 0 fully saturated rings. The summed E-state index contributed by atoms with van der Waals surface area (Å²) in [5.74, 6) is 0. The van der Waals surface area contributed by atoms with Crippen LogP contribution in [0, 0.1) is 3.57 Å². The van der Waals surface area contributed by atoms with Crippen molar-refractivity contribution in [3.63, 3.8) is 0 Å². The van der Waals surface area contributed by atoms with Crippen LogP contribution in [-0.4, -0.2) is 47.2 Å². The summed E-state index contributed by atoms with van der Waals surface area (Å²) < 4.78 is 2.31. The maximum Gasteiger partial charge on any atom is 0.266 e. The van der Waals surface area contributed by atoms with Gasteiger partial charge in [-0.15, -0.1) is 0 Å². The van der Waals surface area contributed by atoms with Crippen molar-refractivity contribution in [3.8, 4) is 0 Å². The molecule has 0 saturated carbocycles. The third-order valence-corrected chi connectivity index (χ3v) is 3.63. The van der Waals surface area contributed by atoms with Gasteiger partial charge in [-0.3, -0.25) is 9.36 Å². The van der Waals surface area contributed by atoms with E-state index in [4.69, 9.17) is 0 Å². The molecular weight excluding hydrogens is 343 g/mol. The molecule has 0 bridgehead atoms. The molecule has 0 aliphatic rings. The van der Waals surface area contributed by atoms with Crippen LogP contribution >= 0.6 is 22.6 Å². The van der Waals surface area contributed by atoms with Gasteiger partial charge in [-0.1, -0.05) is 13.8 Å². The van der Waals surface area contributed by atoms with Gasteiger partial charge < -0.3 is 10.2 Å². The molecule has 1 N–H and O–H groups in total. The zero-order valence-electron chi connectivity index (χ0n) is 11.0. The van der Waals surface area contributed by atoms with Gasteiger partial charge in [0.25, 0.3) is 5.56 Å². The SMILES string of the molecule is CCN(CC)CCNCCn1cncc(I)c1=O. The van der Waals surface area contributed by atoms with Crippen molar-refractivity contribution in [1.29, 1.82) is 0 Å². The Morgan fingerprint density at radius 1 is 1.39 bits per heavy atom. The predicted octanol–water partition coefficient (Wildman–Crippen LogP) is 0.779. The molecule has 1 aromatic rings. The van der Waals surface area contributed by atoms with Crippen LogP contribution in [0.1, 0.15) is 13.8 Å². The molecule has 0 aliphatic carbocycles. The van der Waals surface area contributed by atoms with Gasteiger partial charge in [0.1, 0.15) is 0 Å². The number of nitrogens with one attached hydrogen (secondary N) is 1. The molecule has 1 heterocycles. The van der Waals surface area contributed by atoms with Gasteiger partial charge in [0.15, 0.2) is 0 Å². The predicted molar refractivity (Wildman–Crippen MR) is 81.9 cm³/mol. The zero-order valence-corrected chi connectivity index (χ0v) is 13.2. The molecule has 1 rings (SSSR count). The van der Waals surface area contributed by atoms with Crippen LogP contribution in [0.5, 0.6) is 0 Å². The second-order valence-electron chi connectivity index (χ2n) is 4.02. The Morgan fingerprint density at radius 2 is 2.11 bits per heavy atom. The lowest BCUT2D eigenvalue weighted by Crippen LogP contribution is -2.34. The highest BCUT2D eigenvalue weighted by atomic mass is 127.